The number of piperidine rings is 1. The average molecular weight is 387 g/mol. The summed E-state index contributed by atoms with van der Waals surface area (Å²) in [5.41, 5.74) is 0.945. The summed E-state index contributed by atoms with van der Waals surface area (Å²) in [6.45, 7) is 6.79. The quantitative estimate of drug-likeness (QED) is 0.765. The first-order chi connectivity index (χ1) is 13.6. The third-order valence-electron chi connectivity index (χ3n) is 6.69. The summed E-state index contributed by atoms with van der Waals surface area (Å²) in [6.07, 6.45) is 5.55. The lowest BCUT2D eigenvalue weighted by atomic mass is 9.93. The van der Waals surface area contributed by atoms with E-state index in [2.05, 4.69) is 15.9 Å². The molecule has 2 aliphatic heterocycles. The molecular formula is C22H31FN4O. The fraction of sp³-hybridized carbons (Fsp3) is 0.636. The summed E-state index contributed by atoms with van der Waals surface area (Å²) in [7, 11) is 0. The topological polar surface area (TPSA) is 50.6 Å². The standard InChI is InChI=1S/C22H31FN4O/c23-22(7-8-22)19-2-1-3-20(16-19)26-14-12-25(13-15-26)9-4-18-5-10-27(11-6-18)21(28)17-24/h1-3,16-18,24H,4-15H2. The van der Waals surface area contributed by atoms with Crippen molar-refractivity contribution in [3.05, 3.63) is 29.8 Å². The smallest absolute Gasteiger partial charge is 0.264 e. The molecule has 0 spiro atoms. The lowest BCUT2D eigenvalue weighted by Gasteiger charge is -2.37. The normalized spacial score (nSPS) is 22.9. The van der Waals surface area contributed by atoms with Gasteiger partial charge in [0, 0.05) is 45.0 Å². The Morgan fingerprint density at radius 1 is 1.14 bits per heavy atom. The van der Waals surface area contributed by atoms with Gasteiger partial charge in [0.2, 0.25) is 0 Å². The third kappa shape index (κ3) is 4.37. The molecule has 3 aliphatic rings. The first kappa shape index (κ1) is 19.4. The van der Waals surface area contributed by atoms with Crippen molar-refractivity contribution in [2.24, 2.45) is 5.92 Å². The lowest BCUT2D eigenvalue weighted by Crippen LogP contribution is -2.47. The fourth-order valence-electron chi connectivity index (χ4n) is 4.51. The van der Waals surface area contributed by atoms with Gasteiger partial charge in [0.05, 0.1) is 6.21 Å². The van der Waals surface area contributed by atoms with Gasteiger partial charge in [-0.15, -0.1) is 0 Å². The second kappa shape index (κ2) is 8.19. The molecule has 2 heterocycles. The number of alkyl halides is 1. The van der Waals surface area contributed by atoms with Crippen LogP contribution in [-0.4, -0.2) is 67.7 Å². The Morgan fingerprint density at radius 3 is 2.50 bits per heavy atom. The van der Waals surface area contributed by atoms with E-state index in [4.69, 9.17) is 5.41 Å². The van der Waals surface area contributed by atoms with E-state index in [-0.39, 0.29) is 5.91 Å². The largest absolute Gasteiger partial charge is 0.369 e. The number of amides is 1. The fourth-order valence-corrected chi connectivity index (χ4v) is 4.51. The Hall–Kier alpha value is -1.95. The van der Waals surface area contributed by atoms with Crippen LogP contribution in [0.5, 0.6) is 0 Å². The second-order valence-corrected chi connectivity index (χ2v) is 8.55. The third-order valence-corrected chi connectivity index (χ3v) is 6.69. The van der Waals surface area contributed by atoms with Crippen molar-refractivity contribution >= 4 is 17.8 Å². The summed E-state index contributed by atoms with van der Waals surface area (Å²) in [5.74, 6) is 0.530. The van der Waals surface area contributed by atoms with E-state index >= 15 is 0 Å². The average Bonchev–Trinajstić information content (AvgIpc) is 3.51. The highest BCUT2D eigenvalue weighted by Crippen LogP contribution is 2.50. The van der Waals surface area contributed by atoms with E-state index < -0.39 is 5.67 Å². The van der Waals surface area contributed by atoms with Crippen LogP contribution in [0.3, 0.4) is 0 Å². The van der Waals surface area contributed by atoms with Crippen LogP contribution >= 0.6 is 0 Å². The molecule has 1 aromatic rings. The summed E-state index contributed by atoms with van der Waals surface area (Å²) >= 11 is 0. The van der Waals surface area contributed by atoms with Crippen LogP contribution in [0.15, 0.2) is 24.3 Å². The van der Waals surface area contributed by atoms with E-state index in [1.165, 1.54) is 6.42 Å². The minimum absolute atomic E-state index is 0.154. The summed E-state index contributed by atoms with van der Waals surface area (Å²) in [4.78, 5) is 18.3. The van der Waals surface area contributed by atoms with Crippen molar-refractivity contribution in [3.63, 3.8) is 0 Å². The summed E-state index contributed by atoms with van der Waals surface area (Å²) < 4.78 is 14.3. The highest BCUT2D eigenvalue weighted by atomic mass is 19.1. The maximum Gasteiger partial charge on any atom is 0.264 e. The van der Waals surface area contributed by atoms with Gasteiger partial charge in [0.25, 0.3) is 5.91 Å². The predicted octanol–water partition coefficient (Wildman–Crippen LogP) is 3.05. The maximum atomic E-state index is 14.3. The van der Waals surface area contributed by atoms with Gasteiger partial charge in [-0.3, -0.25) is 9.69 Å². The highest BCUT2D eigenvalue weighted by Gasteiger charge is 2.45. The number of nitrogens with one attached hydrogen (secondary N) is 1. The molecule has 0 unspecified atom stereocenters. The number of benzene rings is 1. The zero-order chi connectivity index (χ0) is 19.6. The van der Waals surface area contributed by atoms with E-state index in [1.807, 2.05) is 18.2 Å². The van der Waals surface area contributed by atoms with Crippen LogP contribution in [0.4, 0.5) is 10.1 Å². The molecule has 1 aromatic carbocycles. The number of hydrogen-bond acceptors (Lipinski definition) is 4. The number of likely N-dealkylation sites (tertiary alicyclic amines) is 1. The second-order valence-electron chi connectivity index (χ2n) is 8.55. The Kier molecular flexibility index (Phi) is 5.67. The number of carbonyl (C=O) groups excluding carboxylic acids is 1. The number of carbonyl (C=O) groups is 1. The summed E-state index contributed by atoms with van der Waals surface area (Å²) in [6, 6.07) is 8.07. The minimum Gasteiger partial charge on any atom is -0.369 e. The van der Waals surface area contributed by atoms with Crippen molar-refractivity contribution in [1.82, 2.24) is 9.80 Å². The van der Waals surface area contributed by atoms with Gasteiger partial charge in [0.15, 0.2) is 0 Å². The van der Waals surface area contributed by atoms with Crippen LogP contribution in [0.25, 0.3) is 0 Å². The van der Waals surface area contributed by atoms with Crippen LogP contribution < -0.4 is 4.90 Å². The molecule has 1 saturated carbocycles. The first-order valence-corrected chi connectivity index (χ1v) is 10.6. The van der Waals surface area contributed by atoms with E-state index in [0.29, 0.717) is 18.8 Å². The number of hydrogen-bond donors (Lipinski definition) is 1. The van der Waals surface area contributed by atoms with Crippen LogP contribution in [0.1, 0.15) is 37.7 Å². The zero-order valence-electron chi connectivity index (χ0n) is 16.6. The van der Waals surface area contributed by atoms with Gasteiger partial charge in [-0.2, -0.15) is 0 Å². The number of anilines is 1. The van der Waals surface area contributed by atoms with Crippen molar-refractivity contribution in [2.75, 3.05) is 50.7 Å². The molecule has 1 N–H and O–H groups in total. The van der Waals surface area contributed by atoms with Gasteiger partial charge in [-0.1, -0.05) is 12.1 Å². The Labute approximate surface area is 167 Å². The lowest BCUT2D eigenvalue weighted by molar-refractivity contribution is -0.125. The molecule has 0 atom stereocenters. The molecular weight excluding hydrogens is 355 g/mol. The molecule has 2 saturated heterocycles. The molecule has 0 radical (unpaired) electrons. The predicted molar refractivity (Wildman–Crippen MR) is 110 cm³/mol. The van der Waals surface area contributed by atoms with Gasteiger partial charge in [0.1, 0.15) is 5.67 Å². The summed E-state index contributed by atoms with van der Waals surface area (Å²) in [5, 5.41) is 7.09. The molecule has 0 aromatic heterocycles. The zero-order valence-corrected chi connectivity index (χ0v) is 16.6. The van der Waals surface area contributed by atoms with Crippen molar-refractivity contribution < 1.29 is 9.18 Å². The molecule has 28 heavy (non-hydrogen) atoms. The van der Waals surface area contributed by atoms with Gasteiger partial charge >= 0.3 is 0 Å². The maximum absolute atomic E-state index is 14.3. The molecule has 3 fully saturated rings. The van der Waals surface area contributed by atoms with Crippen molar-refractivity contribution in [1.29, 1.82) is 5.41 Å². The molecule has 152 valence electrons. The van der Waals surface area contributed by atoms with E-state index in [9.17, 15) is 9.18 Å². The van der Waals surface area contributed by atoms with Crippen molar-refractivity contribution in [2.45, 2.75) is 37.8 Å². The van der Waals surface area contributed by atoms with Crippen LogP contribution in [-0.2, 0) is 10.5 Å². The first-order valence-electron chi connectivity index (χ1n) is 10.6. The number of nitrogens with zero attached hydrogens (tertiary/aromatic N) is 3. The molecule has 0 bridgehead atoms. The van der Waals surface area contributed by atoms with Gasteiger partial charge in [-0.05, 0) is 62.3 Å². The number of halogens is 1. The van der Waals surface area contributed by atoms with E-state index in [0.717, 1.165) is 76.1 Å². The Bertz CT molecular complexity index is 704. The Morgan fingerprint density at radius 2 is 1.86 bits per heavy atom. The van der Waals surface area contributed by atoms with Crippen LogP contribution in [0, 0.1) is 11.3 Å². The molecule has 1 aliphatic carbocycles. The SMILES string of the molecule is N=CC(=O)N1CCC(CCN2CCN(c3cccc(C4(F)CC4)c3)CC2)CC1. The number of piperazine rings is 1. The van der Waals surface area contributed by atoms with Crippen molar-refractivity contribution in [3.8, 4) is 0 Å². The minimum atomic E-state index is -1.06. The highest BCUT2D eigenvalue weighted by molar-refractivity contribution is 6.24. The number of rotatable bonds is 6. The van der Waals surface area contributed by atoms with Gasteiger partial charge < -0.3 is 15.2 Å². The van der Waals surface area contributed by atoms with Gasteiger partial charge in [-0.25, -0.2) is 4.39 Å². The molecule has 6 heteroatoms. The molecule has 1 amide bonds. The molecule has 5 nitrogen and oxygen atoms in total. The monoisotopic (exact) mass is 386 g/mol. The van der Waals surface area contributed by atoms with Crippen LogP contribution in [0.2, 0.25) is 0 Å². The Balaban J connectivity index is 1.20. The van der Waals surface area contributed by atoms with E-state index in [1.54, 1.807) is 4.90 Å². The molecule has 4 rings (SSSR count).